The number of unbranched alkanes of at least 4 members (excludes halogenated alkanes) is 35. The van der Waals surface area contributed by atoms with Gasteiger partial charge in [0.15, 0.2) is 6.10 Å². The highest BCUT2D eigenvalue weighted by molar-refractivity contribution is 5.71. The van der Waals surface area contributed by atoms with Gasteiger partial charge in [0.05, 0.1) is 0 Å². The molecule has 0 aliphatic carbocycles. The second-order valence-corrected chi connectivity index (χ2v) is 18.8. The first kappa shape index (κ1) is 58.4. The van der Waals surface area contributed by atoms with Crippen LogP contribution in [0.25, 0.3) is 0 Å². The van der Waals surface area contributed by atoms with Crippen molar-refractivity contribution in [3.63, 3.8) is 0 Å². The van der Waals surface area contributed by atoms with Crippen molar-refractivity contribution in [3.05, 3.63) is 0 Å². The number of rotatable bonds is 49. The van der Waals surface area contributed by atoms with E-state index in [9.17, 15) is 14.4 Å². The number of hydrogen-bond acceptors (Lipinski definition) is 6. The zero-order chi connectivity index (χ0) is 43.8. The normalized spacial score (nSPS) is 12.4. The molecule has 0 amide bonds. The van der Waals surface area contributed by atoms with Crippen LogP contribution in [0.5, 0.6) is 0 Å². The van der Waals surface area contributed by atoms with Gasteiger partial charge >= 0.3 is 17.9 Å². The zero-order valence-electron chi connectivity index (χ0n) is 40.9. The van der Waals surface area contributed by atoms with E-state index in [4.69, 9.17) is 14.2 Å². The molecular formula is C54H104O6. The number of hydrogen-bond donors (Lipinski definition) is 0. The lowest BCUT2D eigenvalue weighted by atomic mass is 9.99. The molecule has 0 saturated heterocycles. The van der Waals surface area contributed by atoms with Gasteiger partial charge in [0.2, 0.25) is 0 Å². The summed E-state index contributed by atoms with van der Waals surface area (Å²) in [4.78, 5) is 38.0. The summed E-state index contributed by atoms with van der Waals surface area (Å²) >= 11 is 0. The van der Waals surface area contributed by atoms with E-state index in [0.29, 0.717) is 19.3 Å². The quantitative estimate of drug-likeness (QED) is 0.0345. The van der Waals surface area contributed by atoms with E-state index >= 15 is 0 Å². The van der Waals surface area contributed by atoms with Gasteiger partial charge in [0.1, 0.15) is 13.2 Å². The summed E-state index contributed by atoms with van der Waals surface area (Å²) in [6, 6.07) is 0. The van der Waals surface area contributed by atoms with Crippen LogP contribution in [0.2, 0.25) is 0 Å². The topological polar surface area (TPSA) is 78.9 Å². The molecule has 6 nitrogen and oxygen atoms in total. The highest BCUT2D eigenvalue weighted by Crippen LogP contribution is 2.18. The van der Waals surface area contributed by atoms with Crippen LogP contribution in [0.1, 0.15) is 304 Å². The lowest BCUT2D eigenvalue weighted by molar-refractivity contribution is -0.167. The summed E-state index contributed by atoms with van der Waals surface area (Å²) < 4.78 is 16.8. The molecule has 0 spiro atoms. The van der Waals surface area contributed by atoms with E-state index in [1.54, 1.807) is 0 Å². The molecule has 1 unspecified atom stereocenters. The summed E-state index contributed by atoms with van der Waals surface area (Å²) in [6.07, 6.45) is 50.8. The maximum atomic E-state index is 12.8. The maximum Gasteiger partial charge on any atom is 0.306 e. The minimum absolute atomic E-state index is 0.0629. The second-order valence-electron chi connectivity index (χ2n) is 18.8. The molecule has 6 heteroatoms. The predicted octanol–water partition coefficient (Wildman–Crippen LogP) is 17.5. The van der Waals surface area contributed by atoms with Crippen LogP contribution in [0.4, 0.5) is 0 Å². The van der Waals surface area contributed by atoms with Gasteiger partial charge in [-0.1, -0.05) is 265 Å². The van der Waals surface area contributed by atoms with Crippen LogP contribution in [-0.2, 0) is 28.6 Å². The van der Waals surface area contributed by atoms with Gasteiger partial charge in [0.25, 0.3) is 0 Å². The van der Waals surface area contributed by atoms with E-state index in [-0.39, 0.29) is 31.1 Å². The number of ether oxygens (including phenoxy) is 3. The fourth-order valence-corrected chi connectivity index (χ4v) is 8.19. The third-order valence-electron chi connectivity index (χ3n) is 12.7. The summed E-state index contributed by atoms with van der Waals surface area (Å²) in [5.74, 6) is 0.00149. The van der Waals surface area contributed by atoms with E-state index < -0.39 is 6.10 Å². The van der Waals surface area contributed by atoms with Crippen molar-refractivity contribution in [2.75, 3.05) is 13.2 Å². The first-order valence-electron chi connectivity index (χ1n) is 26.9. The molecule has 0 aromatic heterocycles. The SMILES string of the molecule is CCCCCCCCCCCCCCCCCCCC(=O)OC[C@H](COC(=O)CCCCCCCCCCCCCCC)OC(=O)CCCCCCCCCCC(C)CC. The van der Waals surface area contributed by atoms with Gasteiger partial charge in [-0.2, -0.15) is 0 Å². The molecule has 0 aliphatic heterocycles. The van der Waals surface area contributed by atoms with Crippen LogP contribution in [-0.4, -0.2) is 37.2 Å². The number of carbonyl (C=O) groups is 3. The van der Waals surface area contributed by atoms with Gasteiger partial charge < -0.3 is 14.2 Å². The van der Waals surface area contributed by atoms with Gasteiger partial charge in [0, 0.05) is 19.3 Å². The van der Waals surface area contributed by atoms with E-state index in [0.717, 1.165) is 63.7 Å². The van der Waals surface area contributed by atoms with E-state index in [1.165, 1.54) is 199 Å². The van der Waals surface area contributed by atoms with Gasteiger partial charge in [-0.15, -0.1) is 0 Å². The summed E-state index contributed by atoms with van der Waals surface area (Å²) in [5, 5.41) is 0. The zero-order valence-corrected chi connectivity index (χ0v) is 40.9. The maximum absolute atomic E-state index is 12.8. The van der Waals surface area contributed by atoms with Gasteiger partial charge in [-0.05, 0) is 25.2 Å². The lowest BCUT2D eigenvalue weighted by Crippen LogP contribution is -2.30. The molecule has 0 heterocycles. The Hall–Kier alpha value is -1.59. The molecule has 0 radical (unpaired) electrons. The Kier molecular flexibility index (Phi) is 47.2. The van der Waals surface area contributed by atoms with Crippen molar-refractivity contribution in [2.45, 2.75) is 310 Å². The highest BCUT2D eigenvalue weighted by Gasteiger charge is 2.19. The largest absolute Gasteiger partial charge is 0.462 e. The monoisotopic (exact) mass is 849 g/mol. The molecule has 356 valence electrons. The Bertz CT molecular complexity index is 905. The summed E-state index contributed by atoms with van der Waals surface area (Å²) in [6.45, 7) is 9.04. The summed E-state index contributed by atoms with van der Waals surface area (Å²) in [5.41, 5.74) is 0. The Labute approximate surface area is 374 Å². The van der Waals surface area contributed by atoms with Crippen LogP contribution in [0.15, 0.2) is 0 Å². The first-order valence-corrected chi connectivity index (χ1v) is 26.9. The highest BCUT2D eigenvalue weighted by atomic mass is 16.6. The van der Waals surface area contributed by atoms with E-state index in [1.807, 2.05) is 0 Å². The van der Waals surface area contributed by atoms with Crippen LogP contribution >= 0.6 is 0 Å². The lowest BCUT2D eigenvalue weighted by Gasteiger charge is -2.18. The van der Waals surface area contributed by atoms with Crippen molar-refractivity contribution in [3.8, 4) is 0 Å². The minimum Gasteiger partial charge on any atom is -0.462 e. The van der Waals surface area contributed by atoms with Crippen LogP contribution in [0.3, 0.4) is 0 Å². The summed E-state index contributed by atoms with van der Waals surface area (Å²) in [7, 11) is 0. The molecule has 0 aliphatic rings. The fraction of sp³-hybridized carbons (Fsp3) is 0.944. The molecule has 2 atom stereocenters. The molecule has 0 fully saturated rings. The average Bonchev–Trinajstić information content (AvgIpc) is 3.25. The van der Waals surface area contributed by atoms with Crippen LogP contribution < -0.4 is 0 Å². The van der Waals surface area contributed by atoms with Crippen LogP contribution in [0, 0.1) is 5.92 Å². The number of carbonyl (C=O) groups excluding carboxylic acids is 3. The Balaban J connectivity index is 4.28. The second kappa shape index (κ2) is 48.4. The minimum atomic E-state index is -0.761. The van der Waals surface area contributed by atoms with E-state index in [2.05, 4.69) is 27.7 Å². The molecule has 0 N–H and O–H groups in total. The third kappa shape index (κ3) is 45.9. The van der Waals surface area contributed by atoms with Crippen molar-refractivity contribution in [1.29, 1.82) is 0 Å². The standard InChI is InChI=1S/C54H104O6/c1-5-8-10-12-14-16-18-20-21-22-23-25-27-29-34-38-42-46-53(56)59-49-51(60-54(57)47-43-39-35-31-30-32-36-40-44-50(4)7-3)48-58-52(55)45-41-37-33-28-26-24-19-17-15-13-11-9-6-2/h50-51H,5-49H2,1-4H3/t50?,51-/m0/s1. The Morgan fingerprint density at radius 1 is 0.333 bits per heavy atom. The van der Waals surface area contributed by atoms with Gasteiger partial charge in [-0.25, -0.2) is 0 Å². The molecular weight excluding hydrogens is 745 g/mol. The Morgan fingerprint density at radius 2 is 0.583 bits per heavy atom. The first-order chi connectivity index (χ1) is 29.4. The smallest absolute Gasteiger partial charge is 0.306 e. The third-order valence-corrected chi connectivity index (χ3v) is 12.7. The molecule has 0 rings (SSSR count). The average molecular weight is 849 g/mol. The van der Waals surface area contributed by atoms with Gasteiger partial charge in [-0.3, -0.25) is 14.4 Å². The Morgan fingerprint density at radius 3 is 0.867 bits per heavy atom. The fourth-order valence-electron chi connectivity index (χ4n) is 8.19. The molecule has 0 aromatic rings. The van der Waals surface area contributed by atoms with Crippen molar-refractivity contribution in [1.82, 2.24) is 0 Å². The van der Waals surface area contributed by atoms with Crippen molar-refractivity contribution < 1.29 is 28.6 Å². The predicted molar refractivity (Wildman–Crippen MR) is 257 cm³/mol. The number of esters is 3. The molecule has 0 saturated carbocycles. The molecule has 60 heavy (non-hydrogen) atoms. The molecule has 0 bridgehead atoms. The van der Waals surface area contributed by atoms with Crippen molar-refractivity contribution >= 4 is 17.9 Å². The molecule has 0 aromatic carbocycles. The van der Waals surface area contributed by atoms with Crippen molar-refractivity contribution in [2.24, 2.45) is 5.92 Å².